The van der Waals surface area contributed by atoms with Gasteiger partial charge in [0.25, 0.3) is 5.92 Å². The van der Waals surface area contributed by atoms with Crippen LogP contribution in [0.2, 0.25) is 0 Å². The normalized spacial score (nSPS) is 27.1. The Morgan fingerprint density at radius 2 is 1.64 bits per heavy atom. The Kier molecular flexibility index (Phi) is 9.64. The van der Waals surface area contributed by atoms with Crippen LogP contribution in [0, 0.1) is 17.7 Å². The molecule has 3 saturated heterocycles. The molecule has 3 aliphatic heterocycles. The number of ether oxygens (including phenoxy) is 1. The van der Waals surface area contributed by atoms with Crippen molar-refractivity contribution < 1.29 is 35.5 Å². The van der Waals surface area contributed by atoms with E-state index in [4.69, 9.17) is 4.74 Å². The van der Waals surface area contributed by atoms with E-state index in [0.717, 1.165) is 63.7 Å². The van der Waals surface area contributed by atoms with E-state index in [0.29, 0.717) is 18.8 Å². The third kappa shape index (κ3) is 6.86. The van der Waals surface area contributed by atoms with Crippen LogP contribution in [-0.2, 0) is 20.0 Å². The molecule has 274 valence electrons. The van der Waals surface area contributed by atoms with E-state index < -0.39 is 51.0 Å². The summed E-state index contributed by atoms with van der Waals surface area (Å²) in [6, 6.07) is 13.1. The van der Waals surface area contributed by atoms with E-state index in [2.05, 4.69) is 21.2 Å². The second-order valence-electron chi connectivity index (χ2n) is 15.4. The van der Waals surface area contributed by atoms with Crippen LogP contribution in [0.25, 0.3) is 0 Å². The van der Waals surface area contributed by atoms with E-state index in [1.54, 1.807) is 24.3 Å². The van der Waals surface area contributed by atoms with Crippen LogP contribution in [0.1, 0.15) is 56.9 Å². The van der Waals surface area contributed by atoms with Crippen molar-refractivity contribution in [3.05, 3.63) is 59.9 Å². The predicted octanol–water partition coefficient (Wildman–Crippen LogP) is 5.81. The van der Waals surface area contributed by atoms with Gasteiger partial charge < -0.3 is 19.9 Å². The molecule has 5 fully saturated rings. The average Bonchev–Trinajstić information content (AvgIpc) is 3.51. The smallest absolute Gasteiger partial charge is 0.407 e. The molecule has 2 saturated carbocycles. The summed E-state index contributed by atoms with van der Waals surface area (Å²) in [5, 5.41) is 2.05. The fourth-order valence-electron chi connectivity index (χ4n) is 9.53. The predicted molar refractivity (Wildman–Crippen MR) is 183 cm³/mol. The van der Waals surface area contributed by atoms with Gasteiger partial charge in [-0.25, -0.2) is 30.8 Å². The van der Waals surface area contributed by atoms with E-state index in [-0.39, 0.29) is 48.2 Å². The first-order chi connectivity index (χ1) is 23.8. The van der Waals surface area contributed by atoms with Gasteiger partial charge in [-0.3, -0.25) is 4.90 Å². The molecule has 3 atom stereocenters. The zero-order valence-corrected chi connectivity index (χ0v) is 29.5. The van der Waals surface area contributed by atoms with Gasteiger partial charge in [0.15, 0.2) is 15.5 Å². The lowest BCUT2D eigenvalue weighted by Gasteiger charge is -2.54. The highest BCUT2D eigenvalue weighted by Gasteiger charge is 2.54. The van der Waals surface area contributed by atoms with Crippen molar-refractivity contribution in [2.24, 2.45) is 11.8 Å². The Bertz CT molecular complexity index is 1640. The summed E-state index contributed by atoms with van der Waals surface area (Å²) in [5.41, 5.74) is -0.135. The molecule has 0 radical (unpaired) electrons. The van der Waals surface area contributed by atoms with E-state index in [9.17, 15) is 26.4 Å². The number of carbonyl (C=O) groups is 1. The molecule has 0 spiro atoms. The van der Waals surface area contributed by atoms with Crippen LogP contribution in [-0.4, -0.2) is 107 Å². The van der Waals surface area contributed by atoms with Gasteiger partial charge in [0.05, 0.1) is 30.3 Å². The summed E-state index contributed by atoms with van der Waals surface area (Å²) >= 11 is 0. The van der Waals surface area contributed by atoms with Gasteiger partial charge in [0, 0.05) is 43.1 Å². The first kappa shape index (κ1) is 35.5. The third-order valence-electron chi connectivity index (χ3n) is 12.3. The Morgan fingerprint density at radius 3 is 2.24 bits per heavy atom. The molecule has 8 nitrogen and oxygen atoms in total. The topological polar surface area (TPSA) is 82.2 Å². The van der Waals surface area contributed by atoms with Gasteiger partial charge in [-0.1, -0.05) is 18.6 Å². The van der Waals surface area contributed by atoms with Crippen LogP contribution in [0.5, 0.6) is 0 Å². The molecule has 50 heavy (non-hydrogen) atoms. The highest BCUT2D eigenvalue weighted by molar-refractivity contribution is 7.92. The summed E-state index contributed by atoms with van der Waals surface area (Å²) in [6.45, 7) is 4.85. The maximum Gasteiger partial charge on any atom is 0.407 e. The van der Waals surface area contributed by atoms with Crippen molar-refractivity contribution in [1.82, 2.24) is 15.1 Å². The zero-order chi connectivity index (χ0) is 35.3. The number of rotatable bonds is 11. The van der Waals surface area contributed by atoms with E-state index in [1.807, 2.05) is 4.90 Å². The van der Waals surface area contributed by atoms with Crippen LogP contribution in [0.4, 0.5) is 28.0 Å². The van der Waals surface area contributed by atoms with Crippen LogP contribution in [0.3, 0.4) is 0 Å². The summed E-state index contributed by atoms with van der Waals surface area (Å²) < 4.78 is 88.1. The quantitative estimate of drug-likeness (QED) is 0.294. The van der Waals surface area contributed by atoms with Gasteiger partial charge in [0.2, 0.25) is 0 Å². The number of benzene rings is 2. The molecule has 2 aromatic carbocycles. The summed E-state index contributed by atoms with van der Waals surface area (Å²) in [7, 11) is -2.45. The van der Waals surface area contributed by atoms with Crippen molar-refractivity contribution >= 4 is 21.6 Å². The highest BCUT2D eigenvalue weighted by Crippen LogP contribution is 2.52. The maximum absolute atomic E-state index is 16.1. The first-order valence-electron chi connectivity index (χ1n) is 18.0. The Hall–Kier alpha value is -2.90. The van der Waals surface area contributed by atoms with E-state index >= 15 is 4.39 Å². The largest absolute Gasteiger partial charge is 0.453 e. The number of likely N-dealkylation sites (tertiary alicyclic amines) is 2. The van der Waals surface area contributed by atoms with Gasteiger partial charge in [-0.2, -0.15) is 0 Å². The molecule has 13 heteroatoms. The Morgan fingerprint density at radius 1 is 0.940 bits per heavy atom. The minimum atomic E-state index is -3.83. The number of methoxy groups -OCH3 is 1. The number of piperidine rings is 1. The number of hydrogen-bond donors (Lipinski definition) is 1. The number of alkyl carbamates (subject to hydrolysis) is 1. The fourth-order valence-corrected chi connectivity index (χ4v) is 11.4. The van der Waals surface area contributed by atoms with Crippen molar-refractivity contribution in [3.8, 4) is 0 Å². The second kappa shape index (κ2) is 13.6. The lowest BCUT2D eigenvalue weighted by atomic mass is 9.57. The van der Waals surface area contributed by atoms with Gasteiger partial charge in [-0.15, -0.1) is 0 Å². The lowest BCUT2D eigenvalue weighted by molar-refractivity contribution is -0.0685. The first-order valence-corrected chi connectivity index (χ1v) is 19.6. The summed E-state index contributed by atoms with van der Waals surface area (Å²) in [4.78, 5) is 19.0. The van der Waals surface area contributed by atoms with Crippen LogP contribution >= 0.6 is 0 Å². The highest BCUT2D eigenvalue weighted by atomic mass is 32.2. The standard InChI is InChI=1S/C37H48F4N4O4S/c1-49-34(46)42-33-8-3-7-32(33)37(25-43-15-4-16-43,27-5-2-6-28(38)19-27)26-13-17-44(18-14-26)22-35(39)23-45(24-35)29-9-11-30(12-10-29)50(47,48)31-20-36(40,41)21-31/h2,5-6,9-12,19,26,31-33H,3-4,7-8,13-18,20-25H2,1H3,(H,42,46)/t32-,33-,37-/m0/s1. The van der Waals surface area contributed by atoms with Gasteiger partial charge >= 0.3 is 6.09 Å². The SMILES string of the molecule is COC(=O)N[C@H]1CCC[C@@H]1[C@](CN1CCC1)(c1cccc(F)c1)C1CCN(CC2(F)CN(c3ccc(S(=O)(=O)C4CC(F)(F)C4)cc3)C2)CC1. The monoisotopic (exact) mass is 720 g/mol. The molecular weight excluding hydrogens is 672 g/mol. The molecule has 3 heterocycles. The molecule has 0 bridgehead atoms. The number of sulfone groups is 1. The molecule has 0 unspecified atom stereocenters. The van der Waals surface area contributed by atoms with Crippen molar-refractivity contribution in [3.63, 3.8) is 0 Å². The second-order valence-corrected chi connectivity index (χ2v) is 17.7. The van der Waals surface area contributed by atoms with Crippen LogP contribution < -0.4 is 10.2 Å². The molecule has 5 aliphatic rings. The van der Waals surface area contributed by atoms with Gasteiger partial charge in [-0.05, 0) is 112 Å². The van der Waals surface area contributed by atoms with Gasteiger partial charge in [0.1, 0.15) is 5.82 Å². The number of halogens is 4. The number of alkyl halides is 3. The maximum atomic E-state index is 16.1. The van der Waals surface area contributed by atoms with E-state index in [1.165, 1.54) is 25.3 Å². The average molecular weight is 721 g/mol. The summed E-state index contributed by atoms with van der Waals surface area (Å²) in [6.07, 6.45) is 3.77. The minimum Gasteiger partial charge on any atom is -0.453 e. The molecule has 2 aliphatic carbocycles. The Labute approximate surface area is 292 Å². The minimum absolute atomic E-state index is 0.0186. The van der Waals surface area contributed by atoms with Crippen LogP contribution in [0.15, 0.2) is 53.4 Å². The number of nitrogens with zero attached hydrogens (tertiary/aromatic N) is 3. The van der Waals surface area contributed by atoms with Crippen molar-refractivity contribution in [1.29, 1.82) is 0 Å². The fraction of sp³-hybridized carbons (Fsp3) is 0.649. The number of nitrogens with one attached hydrogen (secondary N) is 1. The molecule has 1 N–H and O–H groups in total. The molecular formula is C37H48F4N4O4S. The number of carbonyl (C=O) groups excluding carboxylic acids is 1. The molecule has 1 amide bonds. The zero-order valence-electron chi connectivity index (χ0n) is 28.6. The molecule has 7 rings (SSSR count). The Balaban J connectivity index is 1.02. The molecule has 2 aromatic rings. The lowest BCUT2D eigenvalue weighted by Crippen LogP contribution is -2.65. The number of hydrogen-bond acceptors (Lipinski definition) is 7. The number of amides is 1. The summed E-state index contributed by atoms with van der Waals surface area (Å²) in [5.74, 6) is -2.88. The van der Waals surface area contributed by atoms with Crippen molar-refractivity contribution in [2.45, 2.75) is 84.6 Å². The third-order valence-corrected chi connectivity index (χ3v) is 14.4. The molecule has 0 aromatic heterocycles. The van der Waals surface area contributed by atoms with Crippen molar-refractivity contribution in [2.75, 3.05) is 64.4 Å². The number of anilines is 1.